The lowest BCUT2D eigenvalue weighted by atomic mass is 10.1. The Bertz CT molecular complexity index is 1340. The number of ether oxygens (including phenoxy) is 2. The number of urea groups is 1. The number of morpholine rings is 1. The number of nitrogens with zero attached hydrogens (tertiary/aromatic N) is 5. The summed E-state index contributed by atoms with van der Waals surface area (Å²) < 4.78 is 38.3. The van der Waals surface area contributed by atoms with E-state index in [1.165, 1.54) is 10.5 Å². The maximum Gasteiger partial charge on any atom is 0.325 e. The van der Waals surface area contributed by atoms with Gasteiger partial charge in [-0.15, -0.1) is 0 Å². The molecule has 3 heterocycles. The molecule has 2 aliphatic rings. The molecular weight excluding hydrogens is 518 g/mol. The van der Waals surface area contributed by atoms with Crippen molar-refractivity contribution in [2.24, 2.45) is 0 Å². The number of sulfonamides is 1. The van der Waals surface area contributed by atoms with E-state index in [2.05, 4.69) is 9.97 Å². The van der Waals surface area contributed by atoms with E-state index in [-0.39, 0.29) is 24.4 Å². The zero-order valence-corrected chi connectivity index (χ0v) is 21.5. The van der Waals surface area contributed by atoms with E-state index in [1.54, 1.807) is 52.5 Å². The smallest absolute Gasteiger partial charge is 0.325 e. The highest BCUT2D eigenvalue weighted by molar-refractivity contribution is 7.89. The van der Waals surface area contributed by atoms with Crippen LogP contribution in [0, 0.1) is 0 Å². The Morgan fingerprint density at radius 1 is 1.08 bits per heavy atom. The summed E-state index contributed by atoms with van der Waals surface area (Å²) in [7, 11) is -3.51. The molecule has 2 fully saturated rings. The Labute approximate surface area is 220 Å². The highest BCUT2D eigenvalue weighted by atomic mass is 35.5. The monoisotopic (exact) mass is 543 g/mol. The van der Waals surface area contributed by atoms with Crippen molar-refractivity contribution < 1.29 is 22.7 Å². The summed E-state index contributed by atoms with van der Waals surface area (Å²) >= 11 is 6.09. The number of halogens is 1. The van der Waals surface area contributed by atoms with E-state index in [0.29, 0.717) is 55.2 Å². The molecule has 0 bridgehead atoms. The van der Waals surface area contributed by atoms with Gasteiger partial charge in [0, 0.05) is 49.3 Å². The van der Waals surface area contributed by atoms with Crippen LogP contribution >= 0.6 is 11.6 Å². The van der Waals surface area contributed by atoms with Crippen LogP contribution in [0.2, 0.25) is 5.02 Å². The van der Waals surface area contributed by atoms with Crippen LogP contribution < -0.4 is 9.64 Å². The van der Waals surface area contributed by atoms with Crippen molar-refractivity contribution in [2.45, 2.75) is 6.04 Å². The summed E-state index contributed by atoms with van der Waals surface area (Å²) in [5.74, 6) is 0.747. The Balaban J connectivity index is 1.39. The SMILES string of the molecule is O=C1N(CCS(=O)(=O)N2CCOCC2)C[C@H](c2cccc(Oc3cnccn3)c2)N1c1ccc(Cl)cc1. The summed E-state index contributed by atoms with van der Waals surface area (Å²) in [6, 6.07) is 13.8. The molecule has 2 aromatic carbocycles. The van der Waals surface area contributed by atoms with E-state index in [9.17, 15) is 13.2 Å². The first-order valence-corrected chi connectivity index (χ1v) is 13.8. The molecule has 0 saturated carbocycles. The van der Waals surface area contributed by atoms with Gasteiger partial charge in [-0.1, -0.05) is 23.7 Å². The second kappa shape index (κ2) is 11.0. The molecule has 0 N–H and O–H groups in total. The van der Waals surface area contributed by atoms with E-state index < -0.39 is 10.0 Å². The quantitative estimate of drug-likeness (QED) is 0.427. The number of carbonyl (C=O) groups excluding carboxylic acids is 1. The molecule has 2 saturated heterocycles. The second-order valence-corrected chi connectivity index (χ2v) is 11.2. The lowest BCUT2D eigenvalue weighted by molar-refractivity contribution is 0.0730. The van der Waals surface area contributed by atoms with Crippen LogP contribution in [-0.4, -0.2) is 78.8 Å². The molecule has 0 spiro atoms. The predicted octanol–water partition coefficient (Wildman–Crippen LogP) is 3.57. The number of benzene rings is 2. The van der Waals surface area contributed by atoms with Crippen LogP contribution in [0.25, 0.3) is 0 Å². The van der Waals surface area contributed by atoms with Gasteiger partial charge in [-0.05, 0) is 42.0 Å². The Morgan fingerprint density at radius 3 is 2.59 bits per heavy atom. The van der Waals surface area contributed by atoms with E-state index >= 15 is 0 Å². The predicted molar refractivity (Wildman–Crippen MR) is 138 cm³/mol. The van der Waals surface area contributed by atoms with Gasteiger partial charge in [0.05, 0.1) is 31.2 Å². The third-order valence-corrected chi connectivity index (χ3v) is 8.38. The van der Waals surface area contributed by atoms with Crippen molar-refractivity contribution in [1.82, 2.24) is 19.2 Å². The minimum atomic E-state index is -3.51. The molecule has 3 aromatic rings. The summed E-state index contributed by atoms with van der Waals surface area (Å²) in [5, 5.41) is 0.555. The van der Waals surface area contributed by atoms with Crippen molar-refractivity contribution in [1.29, 1.82) is 0 Å². The van der Waals surface area contributed by atoms with Crippen molar-refractivity contribution in [3.8, 4) is 11.6 Å². The largest absolute Gasteiger partial charge is 0.437 e. The van der Waals surface area contributed by atoms with Gasteiger partial charge >= 0.3 is 6.03 Å². The Hall–Kier alpha value is -3.25. The molecule has 1 atom stereocenters. The average Bonchev–Trinajstić information content (AvgIpc) is 3.25. The van der Waals surface area contributed by atoms with Crippen molar-refractivity contribution in [3.05, 3.63) is 77.7 Å². The van der Waals surface area contributed by atoms with Gasteiger partial charge in [0.25, 0.3) is 0 Å². The minimum Gasteiger partial charge on any atom is -0.437 e. The molecular formula is C25H26ClN5O5S. The number of aromatic nitrogens is 2. The molecule has 2 amide bonds. The summed E-state index contributed by atoms with van der Waals surface area (Å²) in [5.41, 5.74) is 1.50. The van der Waals surface area contributed by atoms with Crippen molar-refractivity contribution >= 4 is 33.3 Å². The van der Waals surface area contributed by atoms with Crippen LogP contribution in [0.15, 0.2) is 67.1 Å². The number of carbonyl (C=O) groups is 1. The maximum atomic E-state index is 13.6. The van der Waals surface area contributed by atoms with E-state index in [0.717, 1.165) is 5.56 Å². The first-order chi connectivity index (χ1) is 17.9. The third-order valence-electron chi connectivity index (χ3n) is 6.27. The molecule has 194 valence electrons. The molecule has 5 rings (SSSR count). The highest BCUT2D eigenvalue weighted by Crippen LogP contribution is 2.36. The van der Waals surface area contributed by atoms with E-state index in [4.69, 9.17) is 21.1 Å². The van der Waals surface area contributed by atoms with Crippen LogP contribution in [0.5, 0.6) is 11.6 Å². The Morgan fingerprint density at radius 2 is 1.86 bits per heavy atom. The van der Waals surface area contributed by atoms with Crippen LogP contribution in [0.1, 0.15) is 11.6 Å². The lowest BCUT2D eigenvalue weighted by Gasteiger charge is -2.27. The fourth-order valence-electron chi connectivity index (χ4n) is 4.41. The third kappa shape index (κ3) is 5.85. The summed E-state index contributed by atoms with van der Waals surface area (Å²) in [6.07, 6.45) is 4.62. The van der Waals surface area contributed by atoms with Crippen LogP contribution in [0.3, 0.4) is 0 Å². The number of hydrogen-bond acceptors (Lipinski definition) is 7. The fraction of sp³-hybridized carbons (Fsp3) is 0.320. The molecule has 0 radical (unpaired) electrons. The van der Waals surface area contributed by atoms with Gasteiger partial charge < -0.3 is 14.4 Å². The lowest BCUT2D eigenvalue weighted by Crippen LogP contribution is -2.44. The topological polar surface area (TPSA) is 105 Å². The maximum absolute atomic E-state index is 13.6. The average molecular weight is 544 g/mol. The Kier molecular flexibility index (Phi) is 7.56. The number of hydrogen-bond donors (Lipinski definition) is 0. The van der Waals surface area contributed by atoms with Crippen LogP contribution in [0.4, 0.5) is 10.5 Å². The molecule has 1 aromatic heterocycles. The summed E-state index contributed by atoms with van der Waals surface area (Å²) in [4.78, 5) is 25.0. The van der Waals surface area contributed by atoms with Crippen LogP contribution in [-0.2, 0) is 14.8 Å². The first-order valence-electron chi connectivity index (χ1n) is 11.8. The van der Waals surface area contributed by atoms with Gasteiger partial charge in [0.15, 0.2) is 0 Å². The van der Waals surface area contributed by atoms with Gasteiger partial charge in [-0.2, -0.15) is 4.31 Å². The normalized spacial score (nSPS) is 18.8. The van der Waals surface area contributed by atoms with Gasteiger partial charge in [-0.3, -0.25) is 9.88 Å². The number of amides is 2. The van der Waals surface area contributed by atoms with Gasteiger partial charge in [0.2, 0.25) is 15.9 Å². The zero-order valence-electron chi connectivity index (χ0n) is 19.9. The standard InChI is InChI=1S/C25H26ClN5O5S/c26-20-4-6-21(7-5-20)31-23(19-2-1-3-22(16-19)36-24-17-27-8-9-28-24)18-29(25(31)32)12-15-37(33,34)30-10-13-35-14-11-30/h1-9,16-17,23H,10-15,18H2/t23-/m1/s1. The van der Waals surface area contributed by atoms with E-state index in [1.807, 2.05) is 18.2 Å². The molecule has 0 aliphatic carbocycles. The molecule has 37 heavy (non-hydrogen) atoms. The first kappa shape index (κ1) is 25.4. The van der Waals surface area contributed by atoms with Crippen molar-refractivity contribution in [3.63, 3.8) is 0 Å². The number of anilines is 1. The zero-order chi connectivity index (χ0) is 25.8. The molecule has 0 unspecified atom stereocenters. The fourth-order valence-corrected chi connectivity index (χ4v) is 5.95. The molecule has 12 heteroatoms. The van der Waals surface area contributed by atoms with Gasteiger partial charge in [0.1, 0.15) is 5.75 Å². The van der Waals surface area contributed by atoms with Gasteiger partial charge in [-0.25, -0.2) is 18.2 Å². The highest BCUT2D eigenvalue weighted by Gasteiger charge is 2.40. The van der Waals surface area contributed by atoms with Crippen molar-refractivity contribution in [2.75, 3.05) is 50.0 Å². The number of rotatable bonds is 8. The molecule has 2 aliphatic heterocycles. The summed E-state index contributed by atoms with van der Waals surface area (Å²) in [6.45, 7) is 1.80. The minimum absolute atomic E-state index is 0.0783. The molecule has 10 nitrogen and oxygen atoms in total. The second-order valence-electron chi connectivity index (χ2n) is 8.64.